The van der Waals surface area contributed by atoms with E-state index in [1.54, 1.807) is 18.4 Å². The average Bonchev–Trinajstić information content (AvgIpc) is 3.21. The highest BCUT2D eigenvalue weighted by Crippen LogP contribution is 2.36. The molecule has 2 aliphatic rings. The van der Waals surface area contributed by atoms with E-state index in [4.69, 9.17) is 4.74 Å². The molecule has 5 nitrogen and oxygen atoms in total. The zero-order valence-electron chi connectivity index (χ0n) is 12.7. The first-order valence-corrected chi connectivity index (χ1v) is 8.53. The van der Waals surface area contributed by atoms with E-state index in [2.05, 4.69) is 27.5 Å². The molecule has 2 unspecified atom stereocenters. The zero-order valence-corrected chi connectivity index (χ0v) is 13.5. The summed E-state index contributed by atoms with van der Waals surface area (Å²) in [5.74, 6) is 0.791. The lowest BCUT2D eigenvalue weighted by atomic mass is 10.1. The van der Waals surface area contributed by atoms with Crippen LogP contribution in [-0.2, 0) is 22.5 Å². The SMILES string of the molecule is CNC(=O)Cc1nc(CN2CC(C)OC(C3CC3)C2)cs1. The van der Waals surface area contributed by atoms with Crippen molar-refractivity contribution >= 4 is 17.2 Å². The van der Waals surface area contributed by atoms with Gasteiger partial charge >= 0.3 is 0 Å². The molecule has 0 spiro atoms. The third-order valence-corrected chi connectivity index (χ3v) is 4.98. The molecule has 1 saturated heterocycles. The topological polar surface area (TPSA) is 54.5 Å². The Labute approximate surface area is 129 Å². The van der Waals surface area contributed by atoms with Gasteiger partial charge in [-0.2, -0.15) is 0 Å². The molecular formula is C15H23N3O2S. The number of aromatic nitrogens is 1. The predicted octanol–water partition coefficient (Wildman–Crippen LogP) is 1.43. The molecule has 0 aromatic carbocycles. The van der Waals surface area contributed by atoms with Gasteiger partial charge in [-0.15, -0.1) is 11.3 Å². The second kappa shape index (κ2) is 6.42. The number of thiazole rings is 1. The highest BCUT2D eigenvalue weighted by Gasteiger charge is 2.37. The molecular weight excluding hydrogens is 286 g/mol. The monoisotopic (exact) mass is 309 g/mol. The van der Waals surface area contributed by atoms with Gasteiger partial charge in [0.15, 0.2) is 0 Å². The van der Waals surface area contributed by atoms with Gasteiger partial charge in [0.25, 0.3) is 0 Å². The van der Waals surface area contributed by atoms with Crippen LogP contribution in [-0.4, -0.2) is 48.1 Å². The molecule has 2 heterocycles. The third kappa shape index (κ3) is 4.02. The van der Waals surface area contributed by atoms with E-state index in [1.807, 2.05) is 0 Å². The molecule has 21 heavy (non-hydrogen) atoms. The van der Waals surface area contributed by atoms with Crippen molar-refractivity contribution in [2.75, 3.05) is 20.1 Å². The summed E-state index contributed by atoms with van der Waals surface area (Å²) in [5.41, 5.74) is 1.07. The number of hydrogen-bond donors (Lipinski definition) is 1. The summed E-state index contributed by atoms with van der Waals surface area (Å²) in [4.78, 5) is 18.4. The minimum atomic E-state index is 0.0182. The maximum Gasteiger partial charge on any atom is 0.226 e. The number of nitrogens with one attached hydrogen (secondary N) is 1. The van der Waals surface area contributed by atoms with Crippen LogP contribution in [0.1, 0.15) is 30.5 Å². The van der Waals surface area contributed by atoms with Crippen LogP contribution in [0.15, 0.2) is 5.38 Å². The van der Waals surface area contributed by atoms with E-state index >= 15 is 0 Å². The fraction of sp³-hybridized carbons (Fsp3) is 0.733. The van der Waals surface area contributed by atoms with Gasteiger partial charge in [0.2, 0.25) is 5.91 Å². The van der Waals surface area contributed by atoms with E-state index in [9.17, 15) is 4.79 Å². The Morgan fingerprint density at radius 3 is 3.05 bits per heavy atom. The van der Waals surface area contributed by atoms with Gasteiger partial charge in [0, 0.05) is 32.1 Å². The van der Waals surface area contributed by atoms with Crippen LogP contribution in [0.3, 0.4) is 0 Å². The Hall–Kier alpha value is -0.980. The van der Waals surface area contributed by atoms with Crippen LogP contribution < -0.4 is 5.32 Å². The van der Waals surface area contributed by atoms with Crippen molar-refractivity contribution in [3.05, 3.63) is 16.1 Å². The van der Waals surface area contributed by atoms with Gasteiger partial charge in [-0.1, -0.05) is 0 Å². The van der Waals surface area contributed by atoms with Crippen molar-refractivity contribution in [1.29, 1.82) is 0 Å². The lowest BCUT2D eigenvalue weighted by Gasteiger charge is -2.36. The molecule has 0 bridgehead atoms. The number of rotatable bonds is 5. The van der Waals surface area contributed by atoms with Crippen LogP contribution >= 0.6 is 11.3 Å². The molecule has 6 heteroatoms. The Kier molecular flexibility index (Phi) is 4.57. The van der Waals surface area contributed by atoms with Crippen molar-refractivity contribution in [2.45, 2.75) is 44.9 Å². The third-order valence-electron chi connectivity index (χ3n) is 4.08. The molecule has 1 aliphatic carbocycles. The zero-order chi connectivity index (χ0) is 14.8. The number of carbonyl (C=O) groups is 1. The van der Waals surface area contributed by atoms with Crippen molar-refractivity contribution in [3.8, 4) is 0 Å². The number of hydrogen-bond acceptors (Lipinski definition) is 5. The van der Waals surface area contributed by atoms with Crippen LogP contribution in [0.5, 0.6) is 0 Å². The number of carbonyl (C=O) groups excluding carboxylic acids is 1. The molecule has 1 aromatic heterocycles. The average molecular weight is 309 g/mol. The predicted molar refractivity (Wildman–Crippen MR) is 82.2 cm³/mol. The van der Waals surface area contributed by atoms with Gasteiger partial charge in [0.1, 0.15) is 5.01 Å². The molecule has 0 radical (unpaired) electrons. The lowest BCUT2D eigenvalue weighted by molar-refractivity contribution is -0.119. The molecule has 2 fully saturated rings. The summed E-state index contributed by atoms with van der Waals surface area (Å²) in [6.07, 6.45) is 3.72. The van der Waals surface area contributed by atoms with Gasteiger partial charge in [-0.25, -0.2) is 4.98 Å². The summed E-state index contributed by atoms with van der Waals surface area (Å²) in [5, 5.41) is 5.60. The summed E-state index contributed by atoms with van der Waals surface area (Å²) in [7, 11) is 1.66. The lowest BCUT2D eigenvalue weighted by Crippen LogP contribution is -2.46. The minimum Gasteiger partial charge on any atom is -0.372 e. The van der Waals surface area contributed by atoms with Crippen LogP contribution in [0.4, 0.5) is 0 Å². The van der Waals surface area contributed by atoms with Crippen molar-refractivity contribution in [2.24, 2.45) is 5.92 Å². The molecule has 3 rings (SSSR count). The van der Waals surface area contributed by atoms with Crippen LogP contribution in [0.25, 0.3) is 0 Å². The molecule has 1 saturated carbocycles. The Morgan fingerprint density at radius 1 is 1.52 bits per heavy atom. The highest BCUT2D eigenvalue weighted by molar-refractivity contribution is 7.09. The summed E-state index contributed by atoms with van der Waals surface area (Å²) < 4.78 is 6.04. The quantitative estimate of drug-likeness (QED) is 0.894. The fourth-order valence-corrected chi connectivity index (χ4v) is 3.68. The van der Waals surface area contributed by atoms with Crippen LogP contribution in [0, 0.1) is 5.92 Å². The van der Waals surface area contributed by atoms with Crippen molar-refractivity contribution in [1.82, 2.24) is 15.2 Å². The maximum atomic E-state index is 11.4. The number of likely N-dealkylation sites (N-methyl/N-ethyl adjacent to an activating group) is 1. The first-order chi connectivity index (χ1) is 10.1. The molecule has 116 valence electrons. The van der Waals surface area contributed by atoms with Crippen molar-refractivity contribution < 1.29 is 9.53 Å². The number of nitrogens with zero attached hydrogens (tertiary/aromatic N) is 2. The molecule has 1 aliphatic heterocycles. The first-order valence-electron chi connectivity index (χ1n) is 7.65. The maximum absolute atomic E-state index is 11.4. The standard InChI is InChI=1S/C15H23N3O2S/c1-10-6-18(8-13(20-10)11-3-4-11)7-12-9-21-15(17-12)5-14(19)16-2/h9-11,13H,3-8H2,1-2H3,(H,16,19). The van der Waals surface area contributed by atoms with E-state index in [-0.39, 0.29) is 5.91 Å². The molecule has 1 amide bonds. The Balaban J connectivity index is 1.56. The van der Waals surface area contributed by atoms with E-state index in [1.165, 1.54) is 12.8 Å². The van der Waals surface area contributed by atoms with Gasteiger partial charge in [-0.3, -0.25) is 9.69 Å². The number of morpholine rings is 1. The largest absolute Gasteiger partial charge is 0.372 e. The Bertz CT molecular complexity index is 501. The highest BCUT2D eigenvalue weighted by atomic mass is 32.1. The van der Waals surface area contributed by atoms with E-state index < -0.39 is 0 Å². The first kappa shape index (κ1) is 14.9. The molecule has 2 atom stereocenters. The van der Waals surface area contributed by atoms with E-state index in [0.717, 1.165) is 36.3 Å². The fourth-order valence-electron chi connectivity index (χ4n) is 2.89. The molecule has 1 aromatic rings. The smallest absolute Gasteiger partial charge is 0.226 e. The molecule has 1 N–H and O–H groups in total. The Morgan fingerprint density at radius 2 is 2.33 bits per heavy atom. The van der Waals surface area contributed by atoms with Gasteiger partial charge in [-0.05, 0) is 25.7 Å². The summed E-state index contributed by atoms with van der Waals surface area (Å²) in [6, 6.07) is 0. The summed E-state index contributed by atoms with van der Waals surface area (Å²) >= 11 is 1.57. The van der Waals surface area contributed by atoms with Crippen LogP contribution in [0.2, 0.25) is 0 Å². The van der Waals surface area contributed by atoms with E-state index in [0.29, 0.717) is 18.6 Å². The van der Waals surface area contributed by atoms with Gasteiger partial charge in [0.05, 0.1) is 24.3 Å². The second-order valence-electron chi connectivity index (χ2n) is 6.10. The number of ether oxygens (including phenoxy) is 1. The van der Waals surface area contributed by atoms with Gasteiger partial charge < -0.3 is 10.1 Å². The second-order valence-corrected chi connectivity index (χ2v) is 7.04. The summed E-state index contributed by atoms with van der Waals surface area (Å²) in [6.45, 7) is 4.99. The normalized spacial score (nSPS) is 26.8. The minimum absolute atomic E-state index is 0.0182. The number of amides is 1. The van der Waals surface area contributed by atoms with Crippen molar-refractivity contribution in [3.63, 3.8) is 0 Å².